The van der Waals surface area contributed by atoms with Crippen LogP contribution in [0.5, 0.6) is 0 Å². The lowest BCUT2D eigenvalue weighted by Crippen LogP contribution is -2.57. The van der Waals surface area contributed by atoms with Crippen molar-refractivity contribution in [3.05, 3.63) is 0 Å². The topological polar surface area (TPSA) is 87.7 Å². The average Bonchev–Trinajstić information content (AvgIpc) is 2.39. The number of carboxylic acid groups (broad SMARTS) is 1. The van der Waals surface area contributed by atoms with Crippen molar-refractivity contribution in [2.75, 3.05) is 19.7 Å². The summed E-state index contributed by atoms with van der Waals surface area (Å²) in [6, 6.07) is 0. The number of carboxylic acids is 1. The molecule has 1 aliphatic carbocycles. The van der Waals surface area contributed by atoms with Crippen molar-refractivity contribution in [2.45, 2.75) is 50.2 Å². The van der Waals surface area contributed by atoms with E-state index in [-0.39, 0.29) is 12.3 Å². The average molecular weight is 270 g/mol. The Bertz CT molecular complexity index is 334. The highest BCUT2D eigenvalue weighted by Crippen LogP contribution is 2.31. The summed E-state index contributed by atoms with van der Waals surface area (Å²) < 4.78 is 5.41. The highest BCUT2D eigenvalue weighted by atomic mass is 16.5. The normalized spacial score (nSPS) is 26.6. The number of nitrogens with one attached hydrogen (secondary N) is 2. The second kappa shape index (κ2) is 6.34. The van der Waals surface area contributed by atoms with Crippen molar-refractivity contribution >= 4 is 11.9 Å². The van der Waals surface area contributed by atoms with Crippen LogP contribution in [-0.2, 0) is 14.3 Å². The first-order valence-electron chi connectivity index (χ1n) is 6.97. The van der Waals surface area contributed by atoms with E-state index in [2.05, 4.69) is 10.6 Å². The van der Waals surface area contributed by atoms with Gasteiger partial charge in [0, 0.05) is 13.1 Å². The molecule has 19 heavy (non-hydrogen) atoms. The van der Waals surface area contributed by atoms with E-state index in [0.29, 0.717) is 13.2 Å². The van der Waals surface area contributed by atoms with Gasteiger partial charge >= 0.3 is 5.97 Å². The zero-order valence-electron chi connectivity index (χ0n) is 11.1. The van der Waals surface area contributed by atoms with Crippen molar-refractivity contribution in [3.63, 3.8) is 0 Å². The number of morpholine rings is 1. The maximum Gasteiger partial charge on any atom is 0.305 e. The predicted octanol–water partition coefficient (Wildman–Crippen LogP) is 0.269. The van der Waals surface area contributed by atoms with Gasteiger partial charge in [0.2, 0.25) is 0 Å². The molecule has 1 aliphatic heterocycles. The van der Waals surface area contributed by atoms with Crippen LogP contribution >= 0.6 is 0 Å². The molecule has 0 aromatic carbocycles. The van der Waals surface area contributed by atoms with Crippen LogP contribution in [0.2, 0.25) is 0 Å². The molecule has 3 N–H and O–H groups in total. The second-order valence-corrected chi connectivity index (χ2v) is 5.46. The van der Waals surface area contributed by atoms with Crippen molar-refractivity contribution in [2.24, 2.45) is 0 Å². The molecule has 1 unspecified atom stereocenters. The van der Waals surface area contributed by atoms with Gasteiger partial charge in [-0.15, -0.1) is 0 Å². The molecule has 108 valence electrons. The van der Waals surface area contributed by atoms with Crippen LogP contribution in [0.4, 0.5) is 0 Å². The van der Waals surface area contributed by atoms with E-state index >= 15 is 0 Å². The van der Waals surface area contributed by atoms with Crippen molar-refractivity contribution in [1.82, 2.24) is 10.6 Å². The fourth-order valence-corrected chi connectivity index (χ4v) is 2.94. The fraction of sp³-hybridized carbons (Fsp3) is 0.846. The third-order valence-corrected chi connectivity index (χ3v) is 3.91. The molecule has 1 atom stereocenters. The SMILES string of the molecule is O=C(O)CC1(NC(=O)C2CNCCO2)CCCCC1. The number of carbonyl (C=O) groups is 2. The molecule has 2 aliphatic rings. The van der Waals surface area contributed by atoms with Gasteiger partial charge in [-0.25, -0.2) is 0 Å². The van der Waals surface area contributed by atoms with Crippen molar-refractivity contribution < 1.29 is 19.4 Å². The number of ether oxygens (including phenoxy) is 1. The van der Waals surface area contributed by atoms with Gasteiger partial charge in [0.25, 0.3) is 5.91 Å². The molecular formula is C13H22N2O4. The molecule has 0 bridgehead atoms. The Labute approximate surface area is 112 Å². The minimum absolute atomic E-state index is 0.00110. The predicted molar refractivity (Wildman–Crippen MR) is 68.8 cm³/mol. The smallest absolute Gasteiger partial charge is 0.305 e. The Hall–Kier alpha value is -1.14. The van der Waals surface area contributed by atoms with Gasteiger partial charge in [-0.05, 0) is 12.8 Å². The van der Waals surface area contributed by atoms with Crippen LogP contribution in [-0.4, -0.2) is 48.3 Å². The monoisotopic (exact) mass is 270 g/mol. The number of aliphatic carboxylic acids is 1. The first-order chi connectivity index (χ1) is 9.11. The largest absolute Gasteiger partial charge is 0.481 e. The minimum Gasteiger partial charge on any atom is -0.481 e. The van der Waals surface area contributed by atoms with Crippen LogP contribution in [0.25, 0.3) is 0 Å². The molecule has 1 amide bonds. The number of hydrogen-bond donors (Lipinski definition) is 3. The summed E-state index contributed by atoms with van der Waals surface area (Å²) in [5, 5.41) is 15.1. The summed E-state index contributed by atoms with van der Waals surface area (Å²) in [5.41, 5.74) is -0.581. The van der Waals surface area contributed by atoms with E-state index in [4.69, 9.17) is 9.84 Å². The van der Waals surface area contributed by atoms with Crippen LogP contribution in [0.1, 0.15) is 38.5 Å². The van der Waals surface area contributed by atoms with Crippen LogP contribution < -0.4 is 10.6 Å². The van der Waals surface area contributed by atoms with Gasteiger partial charge in [-0.2, -0.15) is 0 Å². The summed E-state index contributed by atoms with van der Waals surface area (Å²) in [4.78, 5) is 23.2. The molecule has 2 rings (SSSR count). The molecule has 6 nitrogen and oxygen atoms in total. The molecule has 0 spiro atoms. The first-order valence-corrected chi connectivity index (χ1v) is 6.97. The van der Waals surface area contributed by atoms with E-state index in [9.17, 15) is 9.59 Å². The number of amides is 1. The molecule has 6 heteroatoms. The lowest BCUT2D eigenvalue weighted by molar-refractivity contribution is -0.141. The van der Waals surface area contributed by atoms with Gasteiger partial charge < -0.3 is 20.5 Å². The lowest BCUT2D eigenvalue weighted by atomic mass is 9.79. The Balaban J connectivity index is 1.98. The third kappa shape index (κ3) is 3.91. The molecule has 0 aromatic rings. The second-order valence-electron chi connectivity index (χ2n) is 5.46. The van der Waals surface area contributed by atoms with Gasteiger partial charge in [0.1, 0.15) is 6.10 Å². The standard InChI is InChI=1S/C13H22N2O4/c16-11(17)8-13(4-2-1-3-5-13)15-12(18)10-9-14-6-7-19-10/h10,14H,1-9H2,(H,15,18)(H,16,17). The van der Waals surface area contributed by atoms with Gasteiger partial charge in [-0.3, -0.25) is 9.59 Å². The highest BCUT2D eigenvalue weighted by molar-refractivity contribution is 5.82. The van der Waals surface area contributed by atoms with Crippen molar-refractivity contribution in [3.8, 4) is 0 Å². The van der Waals surface area contributed by atoms with Gasteiger partial charge in [-0.1, -0.05) is 19.3 Å². The summed E-state index contributed by atoms with van der Waals surface area (Å²) in [6.45, 7) is 1.77. The Morgan fingerprint density at radius 3 is 2.63 bits per heavy atom. The summed E-state index contributed by atoms with van der Waals surface area (Å²) >= 11 is 0. The third-order valence-electron chi connectivity index (χ3n) is 3.91. The summed E-state index contributed by atoms with van der Waals surface area (Å²) in [6.07, 6.45) is 4.03. The quantitative estimate of drug-likeness (QED) is 0.682. The maximum atomic E-state index is 12.2. The number of hydrogen-bond acceptors (Lipinski definition) is 4. The zero-order chi connectivity index (χ0) is 13.7. The summed E-state index contributed by atoms with van der Waals surface area (Å²) in [7, 11) is 0. The highest BCUT2D eigenvalue weighted by Gasteiger charge is 2.37. The van der Waals surface area contributed by atoms with E-state index < -0.39 is 17.6 Å². The van der Waals surface area contributed by atoms with Gasteiger partial charge in [0.05, 0.1) is 18.6 Å². The maximum absolute atomic E-state index is 12.2. The Morgan fingerprint density at radius 2 is 2.05 bits per heavy atom. The molecule has 0 radical (unpaired) electrons. The fourth-order valence-electron chi connectivity index (χ4n) is 2.94. The number of rotatable bonds is 4. The number of carbonyl (C=O) groups excluding carboxylic acids is 1. The molecular weight excluding hydrogens is 248 g/mol. The van der Waals surface area contributed by atoms with Crippen molar-refractivity contribution in [1.29, 1.82) is 0 Å². The molecule has 1 heterocycles. The van der Waals surface area contributed by atoms with Crippen LogP contribution in [0.15, 0.2) is 0 Å². The molecule has 2 fully saturated rings. The van der Waals surface area contributed by atoms with E-state index in [0.717, 1.165) is 38.6 Å². The Morgan fingerprint density at radius 1 is 1.32 bits per heavy atom. The molecule has 1 saturated carbocycles. The molecule has 0 aromatic heterocycles. The van der Waals surface area contributed by atoms with E-state index in [1.54, 1.807) is 0 Å². The van der Waals surface area contributed by atoms with Crippen LogP contribution in [0, 0.1) is 0 Å². The van der Waals surface area contributed by atoms with E-state index in [1.165, 1.54) is 0 Å². The molecule has 1 saturated heterocycles. The first kappa shape index (κ1) is 14.3. The van der Waals surface area contributed by atoms with Crippen LogP contribution in [0.3, 0.4) is 0 Å². The summed E-state index contributed by atoms with van der Waals surface area (Å²) in [5.74, 6) is -1.04. The Kier molecular flexibility index (Phi) is 4.76. The zero-order valence-corrected chi connectivity index (χ0v) is 11.1. The van der Waals surface area contributed by atoms with Gasteiger partial charge in [0.15, 0.2) is 0 Å². The van der Waals surface area contributed by atoms with E-state index in [1.807, 2.05) is 0 Å². The lowest BCUT2D eigenvalue weighted by Gasteiger charge is -2.38. The minimum atomic E-state index is -0.857.